The van der Waals surface area contributed by atoms with Crippen molar-refractivity contribution in [1.29, 1.82) is 0 Å². The number of ether oxygens (including phenoxy) is 2. The summed E-state index contributed by atoms with van der Waals surface area (Å²) < 4.78 is 11.0. The lowest BCUT2D eigenvalue weighted by Crippen LogP contribution is -2.46. The molecule has 0 aliphatic carbocycles. The summed E-state index contributed by atoms with van der Waals surface area (Å²) in [6.07, 6.45) is 5.54. The second-order valence-electron chi connectivity index (χ2n) is 5.52. The summed E-state index contributed by atoms with van der Waals surface area (Å²) in [7, 11) is 0. The van der Waals surface area contributed by atoms with Gasteiger partial charge in [0.05, 0.1) is 6.10 Å². The van der Waals surface area contributed by atoms with E-state index in [1.54, 1.807) is 0 Å². The molecule has 0 aromatic carbocycles. The molecule has 4 nitrogen and oxygen atoms in total. The zero-order valence-electron chi connectivity index (χ0n) is 11.4. The number of likely N-dealkylation sites (tertiary alicyclic amines) is 1. The summed E-state index contributed by atoms with van der Waals surface area (Å²) in [5.41, 5.74) is -0.156. The predicted molar refractivity (Wildman–Crippen MR) is 69.6 cm³/mol. The molecule has 2 aliphatic heterocycles. The number of hydrogen-bond donors (Lipinski definition) is 0. The zero-order chi connectivity index (χ0) is 12.8. The smallest absolute Gasteiger partial charge is 0.127 e. The SMILES string of the molecule is CCOC1CCN(CC2(C=O)CCOCC2)CC1. The van der Waals surface area contributed by atoms with Crippen LogP contribution in [0.3, 0.4) is 0 Å². The fraction of sp³-hybridized carbons (Fsp3) is 0.929. The van der Waals surface area contributed by atoms with Crippen LogP contribution in [0.2, 0.25) is 0 Å². The lowest BCUT2D eigenvalue weighted by atomic mass is 9.81. The lowest BCUT2D eigenvalue weighted by molar-refractivity contribution is -0.123. The Morgan fingerprint density at radius 2 is 2.00 bits per heavy atom. The van der Waals surface area contributed by atoms with E-state index in [1.165, 1.54) is 6.29 Å². The van der Waals surface area contributed by atoms with Gasteiger partial charge in [-0.1, -0.05) is 0 Å². The van der Waals surface area contributed by atoms with E-state index in [2.05, 4.69) is 11.8 Å². The number of rotatable bonds is 5. The van der Waals surface area contributed by atoms with Gasteiger partial charge in [-0.15, -0.1) is 0 Å². The molecule has 2 rings (SSSR count). The van der Waals surface area contributed by atoms with Gasteiger partial charge in [0, 0.05) is 44.9 Å². The van der Waals surface area contributed by atoms with Gasteiger partial charge in [0.25, 0.3) is 0 Å². The Hall–Kier alpha value is -0.450. The van der Waals surface area contributed by atoms with Crippen LogP contribution in [0.4, 0.5) is 0 Å². The van der Waals surface area contributed by atoms with Crippen molar-refractivity contribution in [3.05, 3.63) is 0 Å². The summed E-state index contributed by atoms with van der Waals surface area (Å²) in [5.74, 6) is 0. The van der Waals surface area contributed by atoms with E-state index in [4.69, 9.17) is 9.47 Å². The van der Waals surface area contributed by atoms with Crippen LogP contribution in [0, 0.1) is 5.41 Å². The summed E-state index contributed by atoms with van der Waals surface area (Å²) in [6, 6.07) is 0. The number of carbonyl (C=O) groups excluding carboxylic acids is 1. The van der Waals surface area contributed by atoms with Gasteiger partial charge in [0.1, 0.15) is 6.29 Å². The fourth-order valence-electron chi connectivity index (χ4n) is 3.01. The van der Waals surface area contributed by atoms with Crippen LogP contribution in [-0.2, 0) is 14.3 Å². The third kappa shape index (κ3) is 3.53. The highest BCUT2D eigenvalue weighted by atomic mass is 16.5. The van der Waals surface area contributed by atoms with Crippen LogP contribution >= 0.6 is 0 Å². The third-order valence-electron chi connectivity index (χ3n) is 4.21. The highest BCUT2D eigenvalue weighted by Gasteiger charge is 2.35. The minimum Gasteiger partial charge on any atom is -0.381 e. The normalized spacial score (nSPS) is 26.1. The summed E-state index contributed by atoms with van der Waals surface area (Å²) in [5, 5.41) is 0. The Kier molecular flexibility index (Phi) is 5.15. The number of aldehydes is 1. The van der Waals surface area contributed by atoms with Crippen molar-refractivity contribution in [3.8, 4) is 0 Å². The number of carbonyl (C=O) groups is 1. The average molecular weight is 255 g/mol. The van der Waals surface area contributed by atoms with Crippen molar-refractivity contribution in [2.24, 2.45) is 5.41 Å². The second-order valence-corrected chi connectivity index (χ2v) is 5.52. The Labute approximate surface area is 110 Å². The van der Waals surface area contributed by atoms with Gasteiger partial charge in [-0.2, -0.15) is 0 Å². The van der Waals surface area contributed by atoms with E-state index in [1.807, 2.05) is 0 Å². The third-order valence-corrected chi connectivity index (χ3v) is 4.21. The van der Waals surface area contributed by atoms with E-state index >= 15 is 0 Å². The maximum absolute atomic E-state index is 11.4. The molecule has 4 heteroatoms. The molecule has 0 aromatic rings. The minimum absolute atomic E-state index is 0.156. The molecule has 0 N–H and O–H groups in total. The molecular formula is C14H25NO3. The molecule has 2 fully saturated rings. The van der Waals surface area contributed by atoms with Gasteiger partial charge in [0.2, 0.25) is 0 Å². The molecule has 0 aromatic heterocycles. The molecule has 0 saturated carbocycles. The van der Waals surface area contributed by atoms with Crippen LogP contribution in [0.5, 0.6) is 0 Å². The maximum Gasteiger partial charge on any atom is 0.127 e. The molecule has 2 aliphatic rings. The Morgan fingerprint density at radius 3 is 2.56 bits per heavy atom. The van der Waals surface area contributed by atoms with Crippen molar-refractivity contribution >= 4 is 6.29 Å². The maximum atomic E-state index is 11.4. The first kappa shape index (κ1) is 14.0. The summed E-state index contributed by atoms with van der Waals surface area (Å²) in [6.45, 7) is 7.33. The molecule has 2 heterocycles. The van der Waals surface area contributed by atoms with Crippen LogP contribution < -0.4 is 0 Å². The van der Waals surface area contributed by atoms with Crippen molar-refractivity contribution in [1.82, 2.24) is 4.90 Å². The Balaban J connectivity index is 1.80. The van der Waals surface area contributed by atoms with Crippen LogP contribution in [0.1, 0.15) is 32.6 Å². The van der Waals surface area contributed by atoms with Crippen molar-refractivity contribution in [2.75, 3.05) is 39.5 Å². The standard InChI is InChI=1S/C14H25NO3/c1-2-18-13-3-7-15(8-4-13)11-14(12-16)5-9-17-10-6-14/h12-13H,2-11H2,1H3. The summed E-state index contributed by atoms with van der Waals surface area (Å²) in [4.78, 5) is 13.8. The van der Waals surface area contributed by atoms with Gasteiger partial charge >= 0.3 is 0 Å². The van der Waals surface area contributed by atoms with E-state index in [9.17, 15) is 4.79 Å². The van der Waals surface area contributed by atoms with Gasteiger partial charge in [-0.25, -0.2) is 0 Å². The van der Waals surface area contributed by atoms with E-state index in [-0.39, 0.29) is 5.41 Å². The van der Waals surface area contributed by atoms with Crippen molar-refractivity contribution < 1.29 is 14.3 Å². The Morgan fingerprint density at radius 1 is 1.33 bits per heavy atom. The molecule has 0 unspecified atom stereocenters. The van der Waals surface area contributed by atoms with E-state index in [0.717, 1.165) is 65.1 Å². The quantitative estimate of drug-likeness (QED) is 0.698. The molecule has 0 spiro atoms. The zero-order valence-corrected chi connectivity index (χ0v) is 11.4. The molecule has 104 valence electrons. The molecule has 18 heavy (non-hydrogen) atoms. The molecule has 0 radical (unpaired) electrons. The van der Waals surface area contributed by atoms with Gasteiger partial charge in [-0.3, -0.25) is 0 Å². The van der Waals surface area contributed by atoms with Crippen LogP contribution in [0.15, 0.2) is 0 Å². The lowest BCUT2D eigenvalue weighted by Gasteiger charge is -2.39. The fourth-order valence-corrected chi connectivity index (χ4v) is 3.01. The van der Waals surface area contributed by atoms with Crippen molar-refractivity contribution in [3.63, 3.8) is 0 Å². The highest BCUT2D eigenvalue weighted by molar-refractivity contribution is 5.60. The first-order valence-electron chi connectivity index (χ1n) is 7.16. The van der Waals surface area contributed by atoms with Gasteiger partial charge in [-0.05, 0) is 32.6 Å². The predicted octanol–water partition coefficient (Wildman–Crippen LogP) is 1.48. The molecular weight excluding hydrogens is 230 g/mol. The highest BCUT2D eigenvalue weighted by Crippen LogP contribution is 2.30. The van der Waals surface area contributed by atoms with E-state index in [0.29, 0.717) is 6.10 Å². The second kappa shape index (κ2) is 6.64. The number of nitrogens with zero attached hydrogens (tertiary/aromatic N) is 1. The Bertz CT molecular complexity index is 256. The molecule has 0 bridgehead atoms. The first-order valence-corrected chi connectivity index (χ1v) is 7.16. The van der Waals surface area contributed by atoms with Gasteiger partial charge < -0.3 is 19.2 Å². The first-order chi connectivity index (χ1) is 8.78. The monoisotopic (exact) mass is 255 g/mol. The number of hydrogen-bond acceptors (Lipinski definition) is 4. The van der Waals surface area contributed by atoms with E-state index < -0.39 is 0 Å². The van der Waals surface area contributed by atoms with Crippen LogP contribution in [0.25, 0.3) is 0 Å². The largest absolute Gasteiger partial charge is 0.381 e. The molecule has 0 atom stereocenters. The molecule has 2 saturated heterocycles. The summed E-state index contributed by atoms with van der Waals surface area (Å²) >= 11 is 0. The number of piperidine rings is 1. The van der Waals surface area contributed by atoms with Crippen molar-refractivity contribution in [2.45, 2.75) is 38.7 Å². The molecule has 0 amide bonds. The van der Waals surface area contributed by atoms with Crippen LogP contribution in [-0.4, -0.2) is 56.7 Å². The minimum atomic E-state index is -0.156. The topological polar surface area (TPSA) is 38.8 Å². The van der Waals surface area contributed by atoms with Gasteiger partial charge in [0.15, 0.2) is 0 Å². The average Bonchev–Trinajstić information content (AvgIpc) is 2.42.